The monoisotopic (exact) mass is 457 g/mol. The summed E-state index contributed by atoms with van der Waals surface area (Å²) in [4.78, 5) is 39.4. The average molecular weight is 458 g/mol. The molecule has 0 aromatic carbocycles. The number of imidazole rings is 1. The van der Waals surface area contributed by atoms with E-state index in [1.165, 1.54) is 12.4 Å². The SMILES string of the molecule is Nc1nccnc1C(=O)N1CCC2(CCC(CNC(=O)c3cn4c(n3)SCC4)OC2)CC1. The number of rotatable bonds is 4. The Kier molecular flexibility index (Phi) is 5.76. The van der Waals surface area contributed by atoms with Crippen molar-refractivity contribution in [1.82, 2.24) is 29.7 Å². The molecule has 3 N–H and O–H groups in total. The number of nitrogen functional groups attached to an aromatic ring is 1. The molecule has 0 bridgehead atoms. The summed E-state index contributed by atoms with van der Waals surface area (Å²) >= 11 is 1.68. The third-order valence-corrected chi connectivity index (χ3v) is 7.66. The highest BCUT2D eigenvalue weighted by atomic mass is 32.2. The normalized spacial score (nSPS) is 22.0. The molecule has 11 heteroatoms. The van der Waals surface area contributed by atoms with Crippen LogP contribution in [0.5, 0.6) is 0 Å². The van der Waals surface area contributed by atoms with Gasteiger partial charge in [0.1, 0.15) is 5.69 Å². The minimum absolute atomic E-state index is 0.00691. The molecule has 0 radical (unpaired) electrons. The predicted octanol–water partition coefficient (Wildman–Crippen LogP) is 1.19. The molecule has 1 atom stereocenters. The number of amides is 2. The van der Waals surface area contributed by atoms with Crippen LogP contribution in [-0.4, -0.2) is 74.3 Å². The molecule has 2 aromatic heterocycles. The molecule has 5 heterocycles. The van der Waals surface area contributed by atoms with Crippen molar-refractivity contribution in [1.29, 1.82) is 0 Å². The number of anilines is 1. The van der Waals surface area contributed by atoms with Gasteiger partial charge < -0.3 is 25.3 Å². The molecule has 3 aliphatic heterocycles. The molecule has 0 saturated carbocycles. The number of thioether (sulfide) groups is 1. The largest absolute Gasteiger partial charge is 0.382 e. The van der Waals surface area contributed by atoms with Crippen LogP contribution in [0.25, 0.3) is 0 Å². The van der Waals surface area contributed by atoms with E-state index in [0.717, 1.165) is 43.1 Å². The van der Waals surface area contributed by atoms with Gasteiger partial charge >= 0.3 is 0 Å². The zero-order valence-electron chi connectivity index (χ0n) is 17.8. The molecule has 2 aromatic rings. The first-order valence-corrected chi connectivity index (χ1v) is 12.0. The summed E-state index contributed by atoms with van der Waals surface area (Å²) in [6.07, 6.45) is 8.49. The summed E-state index contributed by atoms with van der Waals surface area (Å²) in [6, 6.07) is 0. The molecular weight excluding hydrogens is 430 g/mol. The van der Waals surface area contributed by atoms with Crippen molar-refractivity contribution >= 4 is 29.4 Å². The van der Waals surface area contributed by atoms with Gasteiger partial charge in [-0.15, -0.1) is 0 Å². The van der Waals surface area contributed by atoms with Gasteiger partial charge in [-0.25, -0.2) is 15.0 Å². The van der Waals surface area contributed by atoms with Crippen LogP contribution >= 0.6 is 11.8 Å². The lowest BCUT2D eigenvalue weighted by molar-refractivity contribution is -0.0809. The van der Waals surface area contributed by atoms with Crippen molar-refractivity contribution in [3.05, 3.63) is 30.0 Å². The summed E-state index contributed by atoms with van der Waals surface area (Å²) < 4.78 is 8.15. The highest BCUT2D eigenvalue weighted by Crippen LogP contribution is 2.40. The van der Waals surface area contributed by atoms with Crippen LogP contribution in [0.1, 0.15) is 46.7 Å². The molecule has 0 aliphatic carbocycles. The number of carbonyl (C=O) groups is 2. The molecule has 10 nitrogen and oxygen atoms in total. The summed E-state index contributed by atoms with van der Waals surface area (Å²) in [5.74, 6) is 0.878. The number of fused-ring (bicyclic) bond motifs is 1. The van der Waals surface area contributed by atoms with Gasteiger partial charge in [-0.05, 0) is 31.1 Å². The Labute approximate surface area is 190 Å². The van der Waals surface area contributed by atoms with E-state index in [9.17, 15) is 9.59 Å². The number of ether oxygens (including phenoxy) is 1. The van der Waals surface area contributed by atoms with Crippen molar-refractivity contribution in [2.75, 3.05) is 37.7 Å². The number of aryl methyl sites for hydroxylation is 1. The van der Waals surface area contributed by atoms with E-state index in [4.69, 9.17) is 10.5 Å². The molecule has 2 amide bonds. The Bertz CT molecular complexity index is 987. The van der Waals surface area contributed by atoms with Crippen molar-refractivity contribution in [3.63, 3.8) is 0 Å². The van der Waals surface area contributed by atoms with E-state index in [2.05, 4.69) is 20.3 Å². The number of nitrogens with zero attached hydrogens (tertiary/aromatic N) is 5. The van der Waals surface area contributed by atoms with Gasteiger partial charge in [0.25, 0.3) is 11.8 Å². The van der Waals surface area contributed by atoms with Crippen LogP contribution in [0.2, 0.25) is 0 Å². The fraction of sp³-hybridized carbons (Fsp3) is 0.571. The first kappa shape index (κ1) is 21.2. The first-order chi connectivity index (χ1) is 15.5. The van der Waals surface area contributed by atoms with Gasteiger partial charge in [0.05, 0.1) is 12.7 Å². The van der Waals surface area contributed by atoms with Crippen molar-refractivity contribution < 1.29 is 14.3 Å². The van der Waals surface area contributed by atoms with Gasteiger partial charge in [0.2, 0.25) is 0 Å². The predicted molar refractivity (Wildman–Crippen MR) is 118 cm³/mol. The van der Waals surface area contributed by atoms with E-state index < -0.39 is 0 Å². The summed E-state index contributed by atoms with van der Waals surface area (Å²) in [7, 11) is 0. The molecule has 32 heavy (non-hydrogen) atoms. The number of hydrogen-bond acceptors (Lipinski definition) is 8. The molecule has 2 saturated heterocycles. The maximum Gasteiger partial charge on any atom is 0.276 e. The second-order valence-corrected chi connectivity index (χ2v) is 9.78. The second kappa shape index (κ2) is 8.70. The number of aromatic nitrogens is 4. The van der Waals surface area contributed by atoms with Crippen LogP contribution in [0.15, 0.2) is 23.7 Å². The summed E-state index contributed by atoms with van der Waals surface area (Å²) in [5.41, 5.74) is 6.59. The van der Waals surface area contributed by atoms with Crippen LogP contribution in [0.4, 0.5) is 5.82 Å². The van der Waals surface area contributed by atoms with Gasteiger partial charge in [0.15, 0.2) is 16.7 Å². The fourth-order valence-electron chi connectivity index (χ4n) is 4.64. The molecule has 170 valence electrons. The van der Waals surface area contributed by atoms with E-state index in [0.29, 0.717) is 31.9 Å². The zero-order valence-corrected chi connectivity index (χ0v) is 18.6. The Hall–Kier alpha value is -2.66. The van der Waals surface area contributed by atoms with Crippen LogP contribution in [0.3, 0.4) is 0 Å². The number of hydrogen-bond donors (Lipinski definition) is 2. The maximum atomic E-state index is 12.7. The molecule has 5 rings (SSSR count). The van der Waals surface area contributed by atoms with Crippen molar-refractivity contribution in [2.45, 2.75) is 43.5 Å². The van der Waals surface area contributed by atoms with E-state index in [1.807, 2.05) is 10.8 Å². The average Bonchev–Trinajstić information content (AvgIpc) is 3.42. The number of piperidine rings is 1. The summed E-state index contributed by atoms with van der Waals surface area (Å²) in [5, 5.41) is 3.88. The Morgan fingerprint density at radius 3 is 2.75 bits per heavy atom. The van der Waals surface area contributed by atoms with Crippen molar-refractivity contribution in [3.8, 4) is 0 Å². The maximum absolute atomic E-state index is 12.7. The number of nitrogens with one attached hydrogen (secondary N) is 1. The third-order valence-electron chi connectivity index (χ3n) is 6.69. The molecular formula is C21H27N7O3S. The Morgan fingerprint density at radius 2 is 2.03 bits per heavy atom. The first-order valence-electron chi connectivity index (χ1n) is 11.0. The Morgan fingerprint density at radius 1 is 1.22 bits per heavy atom. The van der Waals surface area contributed by atoms with Crippen LogP contribution in [0, 0.1) is 5.41 Å². The van der Waals surface area contributed by atoms with Gasteiger partial charge in [0, 0.05) is 50.5 Å². The van der Waals surface area contributed by atoms with E-state index >= 15 is 0 Å². The quantitative estimate of drug-likeness (QED) is 0.701. The molecule has 1 spiro atoms. The fourth-order valence-corrected chi connectivity index (χ4v) is 5.58. The standard InChI is InChI=1S/C21H27N7O3S/c22-17-16(23-5-6-24-17)19(30)27-7-3-21(4-8-27)2-1-14(31-13-21)11-25-18(29)15-12-28-9-10-32-20(28)26-15/h5-6,12,14H,1-4,7-11,13H2,(H2,22,24)(H,25,29). The number of likely N-dealkylation sites (tertiary alicyclic amines) is 1. The number of carbonyl (C=O) groups excluding carboxylic acids is 2. The molecule has 1 unspecified atom stereocenters. The van der Waals surface area contributed by atoms with Gasteiger partial charge in [-0.2, -0.15) is 0 Å². The van der Waals surface area contributed by atoms with Crippen LogP contribution < -0.4 is 11.1 Å². The zero-order chi connectivity index (χ0) is 22.1. The highest BCUT2D eigenvalue weighted by molar-refractivity contribution is 7.99. The summed E-state index contributed by atoms with van der Waals surface area (Å²) in [6.45, 7) is 3.35. The number of nitrogens with two attached hydrogens (primary N) is 1. The van der Waals surface area contributed by atoms with E-state index in [-0.39, 0.29) is 34.8 Å². The molecule has 2 fully saturated rings. The second-order valence-electron chi connectivity index (χ2n) is 8.71. The van der Waals surface area contributed by atoms with E-state index in [1.54, 1.807) is 16.7 Å². The lowest BCUT2D eigenvalue weighted by atomic mass is 9.73. The van der Waals surface area contributed by atoms with Crippen molar-refractivity contribution in [2.24, 2.45) is 5.41 Å². The van der Waals surface area contributed by atoms with Gasteiger partial charge in [-0.3, -0.25) is 9.59 Å². The minimum atomic E-state index is -0.161. The van der Waals surface area contributed by atoms with Gasteiger partial charge in [-0.1, -0.05) is 11.8 Å². The smallest absolute Gasteiger partial charge is 0.276 e. The third kappa shape index (κ3) is 4.18. The molecule has 3 aliphatic rings. The van der Waals surface area contributed by atoms with Crippen LogP contribution in [-0.2, 0) is 11.3 Å². The lowest BCUT2D eigenvalue weighted by Crippen LogP contribution is -2.49. The lowest BCUT2D eigenvalue weighted by Gasteiger charge is -2.45. The highest BCUT2D eigenvalue weighted by Gasteiger charge is 2.40. The topological polar surface area (TPSA) is 128 Å². The Balaban J connectivity index is 1.08. The minimum Gasteiger partial charge on any atom is -0.382 e.